The topological polar surface area (TPSA) is 62.7 Å². The molecule has 2 aromatic carbocycles. The molecule has 166 valence electrons. The second kappa shape index (κ2) is 9.58. The third-order valence-corrected chi connectivity index (χ3v) is 6.78. The summed E-state index contributed by atoms with van der Waals surface area (Å²) in [5, 5.41) is 0.826. The summed E-state index contributed by atoms with van der Waals surface area (Å²) in [4.78, 5) is 34.7. The van der Waals surface area contributed by atoms with Gasteiger partial charge in [0.2, 0.25) is 0 Å². The van der Waals surface area contributed by atoms with Crippen LogP contribution in [0.2, 0.25) is 0 Å². The third-order valence-electron chi connectivity index (χ3n) is 5.59. The quantitative estimate of drug-likeness (QED) is 0.548. The number of piperazine rings is 1. The highest BCUT2D eigenvalue weighted by Gasteiger charge is 2.33. The van der Waals surface area contributed by atoms with Crippen LogP contribution in [0.5, 0.6) is 0 Å². The van der Waals surface area contributed by atoms with E-state index in [0.717, 1.165) is 16.3 Å². The number of hydrogen-bond acceptors (Lipinski definition) is 6. The van der Waals surface area contributed by atoms with Crippen molar-refractivity contribution < 1.29 is 18.7 Å². The summed E-state index contributed by atoms with van der Waals surface area (Å²) < 4.78 is 18.3. The average Bonchev–Trinajstić information content (AvgIpc) is 3.22. The third kappa shape index (κ3) is 4.56. The summed E-state index contributed by atoms with van der Waals surface area (Å²) in [5.74, 6) is -0.803. The molecule has 2 heterocycles. The van der Waals surface area contributed by atoms with Gasteiger partial charge in [0.25, 0.3) is 5.91 Å². The van der Waals surface area contributed by atoms with Gasteiger partial charge < -0.3 is 9.64 Å². The first kappa shape index (κ1) is 22.1. The lowest BCUT2D eigenvalue weighted by Gasteiger charge is -2.38. The van der Waals surface area contributed by atoms with Crippen molar-refractivity contribution in [3.05, 3.63) is 76.5 Å². The molecule has 8 heteroatoms. The number of thiazole rings is 1. The van der Waals surface area contributed by atoms with Crippen LogP contribution in [0.1, 0.15) is 27.0 Å². The maximum absolute atomic E-state index is 13.3. The number of esters is 1. The molecule has 4 rings (SSSR count). The fraction of sp³-hybridized carbons (Fsp3) is 0.292. The van der Waals surface area contributed by atoms with Crippen LogP contribution in [0.15, 0.2) is 54.6 Å². The van der Waals surface area contributed by atoms with E-state index in [0.29, 0.717) is 36.6 Å². The maximum Gasteiger partial charge on any atom is 0.327 e. The van der Waals surface area contributed by atoms with Gasteiger partial charge in [-0.2, -0.15) is 0 Å². The first-order valence-corrected chi connectivity index (χ1v) is 11.2. The number of aromatic nitrogens is 1. The van der Waals surface area contributed by atoms with Crippen LogP contribution in [0.3, 0.4) is 0 Å². The molecule has 0 spiro atoms. The van der Waals surface area contributed by atoms with Crippen molar-refractivity contribution in [2.75, 3.05) is 33.3 Å². The number of carbonyl (C=O) groups is 2. The minimum Gasteiger partial charge on any atom is -0.468 e. The summed E-state index contributed by atoms with van der Waals surface area (Å²) in [6.07, 6.45) is 0. The van der Waals surface area contributed by atoms with Gasteiger partial charge in [0.1, 0.15) is 21.7 Å². The van der Waals surface area contributed by atoms with E-state index in [9.17, 15) is 14.0 Å². The lowest BCUT2D eigenvalue weighted by Crippen LogP contribution is -2.51. The van der Waals surface area contributed by atoms with E-state index in [4.69, 9.17) is 4.74 Å². The highest BCUT2D eigenvalue weighted by Crippen LogP contribution is 2.30. The van der Waals surface area contributed by atoms with E-state index >= 15 is 0 Å². The molecule has 6 nitrogen and oxygen atoms in total. The second-order valence-electron chi connectivity index (χ2n) is 7.60. The molecule has 1 aliphatic heterocycles. The summed E-state index contributed by atoms with van der Waals surface area (Å²) in [6.45, 7) is 3.82. The Morgan fingerprint density at radius 3 is 2.31 bits per heavy atom. The molecule has 1 fully saturated rings. The molecule has 0 aliphatic carbocycles. The van der Waals surface area contributed by atoms with Crippen LogP contribution in [0.25, 0.3) is 10.6 Å². The molecule has 0 unspecified atom stereocenters. The van der Waals surface area contributed by atoms with E-state index in [1.165, 1.54) is 30.6 Å². The van der Waals surface area contributed by atoms with Crippen LogP contribution in [0.4, 0.5) is 4.39 Å². The summed E-state index contributed by atoms with van der Waals surface area (Å²) in [7, 11) is 1.34. The Morgan fingerprint density at radius 2 is 1.69 bits per heavy atom. The molecule has 32 heavy (non-hydrogen) atoms. The molecule has 0 N–H and O–H groups in total. The Bertz CT molecular complexity index is 1090. The van der Waals surface area contributed by atoms with Gasteiger partial charge in [0.05, 0.1) is 12.8 Å². The maximum atomic E-state index is 13.3. The number of halogens is 1. The van der Waals surface area contributed by atoms with E-state index in [1.807, 2.05) is 42.2 Å². The molecule has 0 saturated carbocycles. The number of carbonyl (C=O) groups excluding carboxylic acids is 2. The largest absolute Gasteiger partial charge is 0.468 e. The molecule has 1 amide bonds. The minimum atomic E-state index is -0.632. The standard InChI is InChI=1S/C24H24FN3O3S/c1-16-21(32-22(26-16)18-6-4-3-5-7-18)23(29)28-14-12-27(13-15-28)20(24(30)31-2)17-8-10-19(25)11-9-17/h3-11,20H,12-15H2,1-2H3/t20-/m1/s1. The van der Waals surface area contributed by atoms with E-state index in [1.54, 1.807) is 17.0 Å². The Hall–Kier alpha value is -3.10. The van der Waals surface area contributed by atoms with Crippen molar-refractivity contribution in [3.8, 4) is 10.6 Å². The Balaban J connectivity index is 1.47. The molecule has 3 aromatic rings. The fourth-order valence-electron chi connectivity index (χ4n) is 3.88. The van der Waals surface area contributed by atoms with E-state index in [-0.39, 0.29) is 11.7 Å². The fourth-order valence-corrected chi connectivity index (χ4v) is 4.92. The molecule has 1 atom stereocenters. The van der Waals surface area contributed by atoms with Crippen LogP contribution >= 0.6 is 11.3 Å². The Labute approximate surface area is 190 Å². The summed E-state index contributed by atoms with van der Waals surface area (Å²) in [6, 6.07) is 15.0. The minimum absolute atomic E-state index is 0.0433. The van der Waals surface area contributed by atoms with Crippen LogP contribution < -0.4 is 0 Å². The van der Waals surface area contributed by atoms with Crippen molar-refractivity contribution in [1.29, 1.82) is 0 Å². The zero-order valence-corrected chi connectivity index (χ0v) is 18.8. The summed E-state index contributed by atoms with van der Waals surface area (Å²) >= 11 is 1.40. The van der Waals surface area contributed by atoms with Gasteiger partial charge in [0.15, 0.2) is 0 Å². The van der Waals surface area contributed by atoms with Crippen molar-refractivity contribution in [1.82, 2.24) is 14.8 Å². The molecule has 0 bridgehead atoms. The van der Waals surface area contributed by atoms with Crippen molar-refractivity contribution in [2.45, 2.75) is 13.0 Å². The highest BCUT2D eigenvalue weighted by molar-refractivity contribution is 7.17. The number of rotatable bonds is 5. The Morgan fingerprint density at radius 1 is 1.03 bits per heavy atom. The number of hydrogen-bond donors (Lipinski definition) is 0. The second-order valence-corrected chi connectivity index (χ2v) is 8.60. The first-order valence-electron chi connectivity index (χ1n) is 10.4. The SMILES string of the molecule is COC(=O)[C@@H](c1ccc(F)cc1)N1CCN(C(=O)c2sc(-c3ccccc3)nc2C)CC1. The van der Waals surface area contributed by atoms with Crippen LogP contribution in [0, 0.1) is 12.7 Å². The molecular weight excluding hydrogens is 429 g/mol. The van der Waals surface area contributed by atoms with Gasteiger partial charge in [-0.15, -0.1) is 11.3 Å². The molecular formula is C24H24FN3O3S. The first-order chi connectivity index (χ1) is 15.5. The van der Waals surface area contributed by atoms with Gasteiger partial charge >= 0.3 is 5.97 Å². The summed E-state index contributed by atoms with van der Waals surface area (Å²) in [5.41, 5.74) is 2.38. The lowest BCUT2D eigenvalue weighted by molar-refractivity contribution is -0.148. The van der Waals surface area contributed by atoms with Gasteiger partial charge in [0, 0.05) is 31.7 Å². The van der Waals surface area contributed by atoms with Gasteiger partial charge in [-0.1, -0.05) is 42.5 Å². The number of amides is 1. The number of benzene rings is 2. The number of ether oxygens (including phenoxy) is 1. The van der Waals surface area contributed by atoms with Crippen molar-refractivity contribution in [2.24, 2.45) is 0 Å². The smallest absolute Gasteiger partial charge is 0.327 e. The zero-order valence-electron chi connectivity index (χ0n) is 18.0. The highest BCUT2D eigenvalue weighted by atomic mass is 32.1. The van der Waals surface area contributed by atoms with Gasteiger partial charge in [-0.25, -0.2) is 14.2 Å². The van der Waals surface area contributed by atoms with Gasteiger partial charge in [-0.05, 0) is 24.6 Å². The van der Waals surface area contributed by atoms with E-state index < -0.39 is 12.0 Å². The van der Waals surface area contributed by atoms with E-state index in [2.05, 4.69) is 4.98 Å². The predicted molar refractivity (Wildman–Crippen MR) is 121 cm³/mol. The molecule has 1 saturated heterocycles. The van der Waals surface area contributed by atoms with Crippen LogP contribution in [-0.4, -0.2) is 59.9 Å². The van der Waals surface area contributed by atoms with Crippen LogP contribution in [-0.2, 0) is 9.53 Å². The average molecular weight is 454 g/mol. The number of aryl methyl sites for hydroxylation is 1. The monoisotopic (exact) mass is 453 g/mol. The molecule has 1 aromatic heterocycles. The number of methoxy groups -OCH3 is 1. The molecule has 0 radical (unpaired) electrons. The zero-order chi connectivity index (χ0) is 22.7. The van der Waals surface area contributed by atoms with Crippen molar-refractivity contribution in [3.63, 3.8) is 0 Å². The normalized spacial score (nSPS) is 15.4. The van der Waals surface area contributed by atoms with Crippen molar-refractivity contribution >= 4 is 23.2 Å². The predicted octanol–water partition coefficient (Wildman–Crippen LogP) is 3.93. The number of nitrogens with zero attached hydrogens (tertiary/aromatic N) is 3. The Kier molecular flexibility index (Phi) is 6.62. The lowest BCUT2D eigenvalue weighted by atomic mass is 10.0. The van der Waals surface area contributed by atoms with Gasteiger partial charge in [-0.3, -0.25) is 9.69 Å². The molecule has 1 aliphatic rings.